The first-order valence-corrected chi connectivity index (χ1v) is 20.3. The Bertz CT molecular complexity index is 2610. The number of amides is 2. The molecule has 0 fully saturated rings. The monoisotopic (exact) mass is 904 g/mol. The molecule has 1 unspecified atom stereocenters. The van der Waals surface area contributed by atoms with Gasteiger partial charge in [-0.2, -0.15) is 0 Å². The molecule has 2 aromatic heterocycles. The van der Waals surface area contributed by atoms with Gasteiger partial charge < -0.3 is 40.0 Å². The van der Waals surface area contributed by atoms with Crippen molar-refractivity contribution in [3.8, 4) is 11.8 Å². The molecule has 0 bridgehead atoms. The van der Waals surface area contributed by atoms with Crippen molar-refractivity contribution in [3.05, 3.63) is 195 Å². The highest BCUT2D eigenvalue weighted by Gasteiger charge is 2.32. The summed E-state index contributed by atoms with van der Waals surface area (Å²) in [7, 11) is 5.77. The number of aromatic nitrogens is 2. The van der Waals surface area contributed by atoms with Crippen LogP contribution in [0.5, 0.6) is 11.8 Å². The van der Waals surface area contributed by atoms with Crippen molar-refractivity contribution in [2.24, 2.45) is 10.3 Å². The molecule has 0 radical (unpaired) electrons. The number of rotatable bonds is 17. The van der Waals surface area contributed by atoms with Crippen LogP contribution in [-0.2, 0) is 38.1 Å². The summed E-state index contributed by atoms with van der Waals surface area (Å²) in [6.45, 7) is 3.77. The summed E-state index contributed by atoms with van der Waals surface area (Å²) in [6.07, 6.45) is 3.07. The summed E-state index contributed by atoms with van der Waals surface area (Å²) in [5.41, 5.74) is 4.55. The number of pyridine rings is 2. The van der Waals surface area contributed by atoms with Crippen LogP contribution in [0.25, 0.3) is 5.57 Å². The summed E-state index contributed by atoms with van der Waals surface area (Å²) in [4.78, 5) is 42.7. The van der Waals surface area contributed by atoms with Crippen LogP contribution in [0.3, 0.4) is 0 Å². The number of benzene rings is 4. The van der Waals surface area contributed by atoms with Crippen molar-refractivity contribution < 1.29 is 39.0 Å². The second-order valence-corrected chi connectivity index (χ2v) is 14.4. The summed E-state index contributed by atoms with van der Waals surface area (Å²) >= 11 is 12.8. The van der Waals surface area contributed by atoms with E-state index in [9.17, 15) is 19.8 Å². The molecule has 4 N–H and O–H groups in total. The summed E-state index contributed by atoms with van der Waals surface area (Å²) in [5, 5.41) is 34.2. The van der Waals surface area contributed by atoms with Gasteiger partial charge in [-0.3, -0.25) is 9.59 Å². The van der Waals surface area contributed by atoms with E-state index in [1.165, 1.54) is 40.6 Å². The zero-order chi connectivity index (χ0) is 46.1. The fourth-order valence-corrected chi connectivity index (χ4v) is 6.66. The van der Waals surface area contributed by atoms with Gasteiger partial charge in [0, 0.05) is 48.7 Å². The van der Waals surface area contributed by atoms with Crippen LogP contribution in [0.2, 0.25) is 10.0 Å². The average Bonchev–Trinajstić information content (AvgIpc) is 3.34. The van der Waals surface area contributed by atoms with Crippen molar-refractivity contribution in [1.29, 1.82) is 0 Å². The maximum absolute atomic E-state index is 12.2. The molecule has 2 amide bonds. The Morgan fingerprint density at radius 2 is 1.11 bits per heavy atom. The van der Waals surface area contributed by atoms with Crippen LogP contribution >= 0.6 is 23.2 Å². The van der Waals surface area contributed by atoms with E-state index in [1.807, 2.05) is 54.6 Å². The number of hydrogen-bond acceptors (Lipinski definition) is 12. The highest BCUT2D eigenvalue weighted by molar-refractivity contribution is 6.46. The van der Waals surface area contributed by atoms with E-state index in [1.54, 1.807) is 66.9 Å². The predicted molar refractivity (Wildman–Crippen MR) is 246 cm³/mol. The van der Waals surface area contributed by atoms with Crippen molar-refractivity contribution in [2.75, 3.05) is 34.9 Å². The van der Waals surface area contributed by atoms with Gasteiger partial charge in [0.25, 0.3) is 11.8 Å². The number of ether oxygens (including phenoxy) is 2. The number of aliphatic hydroxyl groups is 2. The number of nitrogens with zero attached hydrogens (tertiary/aromatic N) is 4. The normalized spacial score (nSPS) is 12.1. The molecule has 1 atom stereocenters. The SMILES string of the molecule is C=C(c1ccccc1)c1cnc(OCc2ccccc2/C(=N\OC)C(=O)NC)c(Cl)c1.CNC(=O)/C(=N/OC)c1ccccc1COc1ncc(C(O)(CO)c2ccccc2)cc1Cl. The molecule has 0 saturated carbocycles. The zero-order valence-corrected chi connectivity index (χ0v) is 36.9. The Labute approximate surface area is 380 Å². The zero-order valence-electron chi connectivity index (χ0n) is 35.4. The Morgan fingerprint density at radius 3 is 1.56 bits per heavy atom. The molecule has 6 rings (SSSR count). The van der Waals surface area contributed by atoms with Gasteiger partial charge in [0.2, 0.25) is 11.8 Å². The van der Waals surface area contributed by atoms with Gasteiger partial charge in [0.05, 0.1) is 6.61 Å². The largest absolute Gasteiger partial charge is 0.472 e. The molecular weight excluding hydrogens is 859 g/mol. The van der Waals surface area contributed by atoms with Crippen LogP contribution in [0.15, 0.2) is 151 Å². The first kappa shape index (κ1) is 47.9. The maximum atomic E-state index is 12.2. The quantitative estimate of drug-likeness (QED) is 0.0543. The smallest absolute Gasteiger partial charge is 0.273 e. The molecule has 4 aromatic carbocycles. The number of carbonyl (C=O) groups is 2. The molecule has 64 heavy (non-hydrogen) atoms. The third-order valence-electron chi connectivity index (χ3n) is 9.57. The van der Waals surface area contributed by atoms with E-state index in [0.717, 1.165) is 22.3 Å². The molecule has 0 saturated heterocycles. The Hall–Kier alpha value is -7.10. The van der Waals surface area contributed by atoms with Crippen molar-refractivity contribution >= 4 is 52.0 Å². The van der Waals surface area contributed by atoms with Gasteiger partial charge in [-0.1, -0.05) is 149 Å². The number of oxime groups is 2. The third-order valence-corrected chi connectivity index (χ3v) is 10.1. The van der Waals surface area contributed by atoms with Crippen LogP contribution in [0, 0.1) is 0 Å². The van der Waals surface area contributed by atoms with E-state index in [2.05, 4.69) is 37.5 Å². The minimum absolute atomic E-state index is 0.0465. The number of aliphatic hydroxyl groups excluding tert-OH is 1. The van der Waals surface area contributed by atoms with Gasteiger partial charge in [-0.05, 0) is 40.0 Å². The summed E-state index contributed by atoms with van der Waals surface area (Å²) in [5.74, 6) is -0.358. The second-order valence-electron chi connectivity index (χ2n) is 13.5. The van der Waals surface area contributed by atoms with Crippen LogP contribution in [-0.4, -0.2) is 78.3 Å². The first-order chi connectivity index (χ1) is 31.0. The standard InChI is InChI=1S/C24H24ClN3O5.C24H22ClN3O3/c1-26-22(30)21(28-32-2)19-11-7-6-8-16(19)14-33-23-20(25)12-18(13-27-23)24(31,15-29)17-9-4-3-5-10-17;1-16(17-9-5-4-6-10-17)19-13-21(25)24(27-14-19)31-15-18-11-7-8-12-20(18)22(28-30-3)23(29)26-2/h3-13,29,31H,14-15H2,1-2H3,(H,26,30);4-14H,1,15H2,2-3H3,(H,26,29)/b28-21+;28-22+. The summed E-state index contributed by atoms with van der Waals surface area (Å²) in [6, 6.07) is 36.2. The number of carbonyl (C=O) groups excluding carboxylic acids is 2. The predicted octanol–water partition coefficient (Wildman–Crippen LogP) is 7.11. The molecule has 0 aliphatic carbocycles. The molecule has 0 spiro atoms. The fourth-order valence-electron chi connectivity index (χ4n) is 6.22. The van der Waals surface area contributed by atoms with Gasteiger partial charge in [0.15, 0.2) is 11.4 Å². The fraction of sp³-hybridized carbons (Fsp3) is 0.167. The molecule has 16 heteroatoms. The number of nitrogens with one attached hydrogen (secondary N) is 2. The lowest BCUT2D eigenvalue weighted by molar-refractivity contribution is -0.115. The summed E-state index contributed by atoms with van der Waals surface area (Å²) < 4.78 is 11.6. The van der Waals surface area contributed by atoms with E-state index in [0.29, 0.717) is 32.8 Å². The minimum atomic E-state index is -1.66. The van der Waals surface area contributed by atoms with Crippen LogP contribution < -0.4 is 20.1 Å². The third kappa shape index (κ3) is 11.9. The lowest BCUT2D eigenvalue weighted by Gasteiger charge is -2.27. The second kappa shape index (κ2) is 23.4. The van der Waals surface area contributed by atoms with Crippen molar-refractivity contribution in [3.63, 3.8) is 0 Å². The number of halogens is 2. The van der Waals surface area contributed by atoms with E-state index >= 15 is 0 Å². The lowest BCUT2D eigenvalue weighted by Crippen LogP contribution is -2.31. The van der Waals surface area contributed by atoms with Crippen LogP contribution in [0.4, 0.5) is 0 Å². The van der Waals surface area contributed by atoms with Gasteiger partial charge in [-0.15, -0.1) is 0 Å². The topological polar surface area (TPSA) is 186 Å². The molecule has 6 aromatic rings. The van der Waals surface area contributed by atoms with Gasteiger partial charge in [-0.25, -0.2) is 9.97 Å². The highest BCUT2D eigenvalue weighted by atomic mass is 35.5. The van der Waals surface area contributed by atoms with Crippen LogP contribution in [0.1, 0.15) is 44.5 Å². The number of hydrogen-bond donors (Lipinski definition) is 4. The van der Waals surface area contributed by atoms with Crippen molar-refractivity contribution in [2.45, 2.75) is 18.8 Å². The van der Waals surface area contributed by atoms with E-state index in [-0.39, 0.29) is 47.3 Å². The lowest BCUT2D eigenvalue weighted by atomic mass is 9.88. The Balaban J connectivity index is 0.000000241. The Kier molecular flexibility index (Phi) is 17.5. The molecule has 0 aliphatic heterocycles. The highest BCUT2D eigenvalue weighted by Crippen LogP contribution is 2.34. The Morgan fingerprint density at radius 1 is 0.656 bits per heavy atom. The maximum Gasteiger partial charge on any atom is 0.273 e. The number of likely N-dealkylation sites (N-methyl/N-ethyl adjacent to an activating group) is 2. The molecule has 0 aliphatic rings. The first-order valence-electron chi connectivity index (χ1n) is 19.5. The van der Waals surface area contributed by atoms with E-state index in [4.69, 9.17) is 42.4 Å². The van der Waals surface area contributed by atoms with Gasteiger partial charge >= 0.3 is 0 Å². The average molecular weight is 906 g/mol. The molecule has 330 valence electrons. The van der Waals surface area contributed by atoms with Crippen molar-refractivity contribution in [1.82, 2.24) is 20.6 Å². The molecule has 14 nitrogen and oxygen atoms in total. The minimum Gasteiger partial charge on any atom is -0.472 e. The van der Waals surface area contributed by atoms with Gasteiger partial charge in [0.1, 0.15) is 43.1 Å². The molecular formula is C48H46Cl2N6O8. The van der Waals surface area contributed by atoms with E-state index < -0.39 is 18.1 Å². The molecule has 2 heterocycles.